The number of likely N-dealkylation sites (tertiary alicyclic amines) is 1. The number of hydrogen-bond donors (Lipinski definition) is 1. The number of carbonyl (C=O) groups is 2. The Morgan fingerprint density at radius 2 is 1.81 bits per heavy atom. The molecule has 2 amide bonds. The van der Waals surface area contributed by atoms with Crippen molar-refractivity contribution in [3.63, 3.8) is 0 Å². The van der Waals surface area contributed by atoms with Crippen LogP contribution in [0.15, 0.2) is 64.4 Å². The van der Waals surface area contributed by atoms with Crippen molar-refractivity contribution in [3.8, 4) is 0 Å². The van der Waals surface area contributed by atoms with Crippen LogP contribution in [0.25, 0.3) is 5.70 Å². The van der Waals surface area contributed by atoms with E-state index < -0.39 is 15.9 Å². The zero-order valence-electron chi connectivity index (χ0n) is 17.0. The molecule has 0 radical (unpaired) electrons. The largest absolute Gasteiger partial charge is 0.362 e. The number of sulfonamides is 1. The van der Waals surface area contributed by atoms with Gasteiger partial charge in [-0.2, -0.15) is 8.42 Å². The van der Waals surface area contributed by atoms with E-state index in [1.165, 1.54) is 29.2 Å². The van der Waals surface area contributed by atoms with Gasteiger partial charge in [-0.3, -0.25) is 14.5 Å². The number of fused-ring (bicyclic) bond motifs is 1. The highest BCUT2D eigenvalue weighted by Gasteiger charge is 2.31. The maximum Gasteiger partial charge on any atom is 0.283 e. The summed E-state index contributed by atoms with van der Waals surface area (Å²) in [6.45, 7) is 4.52. The van der Waals surface area contributed by atoms with E-state index in [0.717, 1.165) is 13.0 Å². The molecule has 1 saturated heterocycles. The zero-order chi connectivity index (χ0) is 22.2. The van der Waals surface area contributed by atoms with Gasteiger partial charge in [-0.05, 0) is 36.8 Å². The smallest absolute Gasteiger partial charge is 0.283 e. The molecule has 1 N–H and O–H groups in total. The SMILES string of the molecule is C=C1c2ccccc2C(=O)N1CC(=O)Nc1ccc(S(=O)(=O)/N=C2\CCCN2C)cc1. The number of benzene rings is 2. The van der Waals surface area contributed by atoms with Crippen LogP contribution in [0.3, 0.4) is 0 Å². The van der Waals surface area contributed by atoms with Gasteiger partial charge in [-0.15, -0.1) is 4.40 Å². The molecule has 2 aromatic carbocycles. The Morgan fingerprint density at radius 1 is 1.13 bits per heavy atom. The molecule has 0 atom stereocenters. The summed E-state index contributed by atoms with van der Waals surface area (Å²) < 4.78 is 29.0. The summed E-state index contributed by atoms with van der Waals surface area (Å²) >= 11 is 0. The first-order valence-corrected chi connectivity index (χ1v) is 11.3. The quantitative estimate of drug-likeness (QED) is 0.774. The molecule has 2 aromatic rings. The third-order valence-corrected chi connectivity index (χ3v) is 6.66. The van der Waals surface area contributed by atoms with E-state index in [9.17, 15) is 18.0 Å². The van der Waals surface area contributed by atoms with Crippen molar-refractivity contribution >= 4 is 39.1 Å². The minimum atomic E-state index is -3.82. The molecule has 0 spiro atoms. The number of rotatable bonds is 5. The normalized spacial score (nSPS) is 17.4. The monoisotopic (exact) mass is 438 g/mol. The molecular formula is C22H22N4O4S. The number of hydrogen-bond acceptors (Lipinski definition) is 4. The maximum absolute atomic E-state index is 12.5. The van der Waals surface area contributed by atoms with Crippen molar-refractivity contribution in [1.29, 1.82) is 0 Å². The average molecular weight is 439 g/mol. The van der Waals surface area contributed by atoms with Gasteiger partial charge >= 0.3 is 0 Å². The lowest BCUT2D eigenvalue weighted by Crippen LogP contribution is -2.32. The fourth-order valence-electron chi connectivity index (χ4n) is 3.66. The highest BCUT2D eigenvalue weighted by molar-refractivity contribution is 7.90. The highest BCUT2D eigenvalue weighted by atomic mass is 32.2. The molecule has 0 aliphatic carbocycles. The second kappa shape index (κ2) is 7.99. The summed E-state index contributed by atoms with van der Waals surface area (Å²) in [5, 5.41) is 2.68. The minimum absolute atomic E-state index is 0.0526. The maximum atomic E-state index is 12.5. The van der Waals surface area contributed by atoms with Gasteiger partial charge in [0.15, 0.2) is 0 Å². The Morgan fingerprint density at radius 3 is 2.42 bits per heavy atom. The predicted molar refractivity (Wildman–Crippen MR) is 118 cm³/mol. The first kappa shape index (κ1) is 20.8. The topological polar surface area (TPSA) is 99.2 Å². The van der Waals surface area contributed by atoms with Gasteiger partial charge in [0.1, 0.15) is 12.4 Å². The van der Waals surface area contributed by atoms with Crippen LogP contribution < -0.4 is 5.32 Å². The van der Waals surface area contributed by atoms with Crippen LogP contribution in [0, 0.1) is 0 Å². The zero-order valence-corrected chi connectivity index (χ0v) is 17.9. The third-order valence-electron chi connectivity index (χ3n) is 5.34. The number of nitrogens with zero attached hydrogens (tertiary/aromatic N) is 3. The molecule has 2 aliphatic heterocycles. The van der Waals surface area contributed by atoms with Crippen LogP contribution in [0.2, 0.25) is 0 Å². The van der Waals surface area contributed by atoms with Crippen molar-refractivity contribution in [2.24, 2.45) is 4.40 Å². The Labute approximate surface area is 180 Å². The lowest BCUT2D eigenvalue weighted by molar-refractivity contribution is -0.116. The molecule has 0 unspecified atom stereocenters. The van der Waals surface area contributed by atoms with E-state index in [0.29, 0.717) is 34.8 Å². The summed E-state index contributed by atoms with van der Waals surface area (Å²) in [5.41, 5.74) is 2.13. The van der Waals surface area contributed by atoms with Crippen molar-refractivity contribution in [2.75, 3.05) is 25.5 Å². The van der Waals surface area contributed by atoms with Crippen LogP contribution in [0.1, 0.15) is 28.8 Å². The van der Waals surface area contributed by atoms with Gasteiger partial charge in [-0.25, -0.2) is 0 Å². The van der Waals surface area contributed by atoms with Gasteiger partial charge < -0.3 is 10.2 Å². The van der Waals surface area contributed by atoms with Crippen molar-refractivity contribution in [3.05, 3.63) is 66.2 Å². The number of amides is 2. The third kappa shape index (κ3) is 4.09. The first-order chi connectivity index (χ1) is 14.8. The molecule has 0 saturated carbocycles. The van der Waals surface area contributed by atoms with Gasteiger partial charge in [-0.1, -0.05) is 24.8 Å². The molecule has 0 bridgehead atoms. The fraction of sp³-hybridized carbons (Fsp3) is 0.227. The molecule has 1 fully saturated rings. The second-order valence-electron chi connectivity index (χ2n) is 7.46. The highest BCUT2D eigenvalue weighted by Crippen LogP contribution is 2.30. The standard InChI is InChI=1S/C22H22N4O4S/c1-15-18-6-3-4-7-19(18)22(28)26(15)14-21(27)23-16-9-11-17(12-10-16)31(29,30)24-20-8-5-13-25(20)2/h3-4,6-7,9-12H,1,5,8,13-14H2,2H3,(H,23,27)/b24-20+. The summed E-state index contributed by atoms with van der Waals surface area (Å²) in [4.78, 5) is 28.2. The van der Waals surface area contributed by atoms with Crippen LogP contribution in [-0.2, 0) is 14.8 Å². The number of carbonyl (C=O) groups excluding carboxylic acids is 2. The van der Waals surface area contributed by atoms with E-state index in [-0.39, 0.29) is 17.3 Å². The molecule has 9 heteroatoms. The van der Waals surface area contributed by atoms with E-state index in [1.807, 2.05) is 18.0 Å². The molecule has 31 heavy (non-hydrogen) atoms. The average Bonchev–Trinajstić information content (AvgIpc) is 3.24. The van der Waals surface area contributed by atoms with Gasteiger partial charge in [0.25, 0.3) is 15.9 Å². The van der Waals surface area contributed by atoms with Crippen LogP contribution in [-0.4, -0.2) is 56.0 Å². The summed E-state index contributed by atoms with van der Waals surface area (Å²) in [7, 11) is -2.00. The number of nitrogens with one attached hydrogen (secondary N) is 1. The molecule has 8 nitrogen and oxygen atoms in total. The van der Waals surface area contributed by atoms with Gasteiger partial charge in [0.05, 0.1) is 4.90 Å². The van der Waals surface area contributed by atoms with E-state index in [2.05, 4.69) is 16.3 Å². The Kier molecular flexibility index (Phi) is 5.36. The molecule has 4 rings (SSSR count). The van der Waals surface area contributed by atoms with Crippen LogP contribution in [0.5, 0.6) is 0 Å². The van der Waals surface area contributed by atoms with Crippen molar-refractivity contribution < 1.29 is 18.0 Å². The van der Waals surface area contributed by atoms with E-state index in [4.69, 9.17) is 0 Å². The lowest BCUT2D eigenvalue weighted by atomic mass is 10.1. The van der Waals surface area contributed by atoms with Crippen molar-refractivity contribution in [2.45, 2.75) is 17.7 Å². The molecule has 2 heterocycles. The van der Waals surface area contributed by atoms with Crippen molar-refractivity contribution in [1.82, 2.24) is 9.80 Å². The molecule has 0 aromatic heterocycles. The summed E-state index contributed by atoms with van der Waals surface area (Å²) in [6.07, 6.45) is 1.51. The van der Waals surface area contributed by atoms with Crippen LogP contribution in [0.4, 0.5) is 5.69 Å². The van der Waals surface area contributed by atoms with Crippen LogP contribution >= 0.6 is 0 Å². The fourth-order valence-corrected chi connectivity index (χ4v) is 4.75. The number of anilines is 1. The molecule has 2 aliphatic rings. The number of amidine groups is 1. The minimum Gasteiger partial charge on any atom is -0.362 e. The summed E-state index contributed by atoms with van der Waals surface area (Å²) in [6, 6.07) is 12.9. The summed E-state index contributed by atoms with van der Waals surface area (Å²) in [5.74, 6) is -0.132. The molecular weight excluding hydrogens is 416 g/mol. The van der Waals surface area contributed by atoms with E-state index >= 15 is 0 Å². The lowest BCUT2D eigenvalue weighted by Gasteiger charge is -2.17. The Hall–Kier alpha value is -3.46. The Bertz CT molecular complexity index is 1170. The second-order valence-corrected chi connectivity index (χ2v) is 9.07. The van der Waals surface area contributed by atoms with E-state index in [1.54, 1.807) is 18.2 Å². The Balaban J connectivity index is 1.42. The first-order valence-electron chi connectivity index (χ1n) is 9.81. The predicted octanol–water partition coefficient (Wildman–Crippen LogP) is 2.56. The molecule has 160 valence electrons. The van der Waals surface area contributed by atoms with Gasteiger partial charge in [0.2, 0.25) is 5.91 Å². The van der Waals surface area contributed by atoms with Gasteiger partial charge in [0, 0.05) is 42.5 Å².